The van der Waals surface area contributed by atoms with E-state index >= 15 is 0 Å². The largest absolute Gasteiger partial charge is 0.398 e. The van der Waals surface area contributed by atoms with E-state index in [-0.39, 0.29) is 22.8 Å². The minimum atomic E-state index is -0.522. The topological polar surface area (TPSA) is 89.5 Å². The quantitative estimate of drug-likeness (QED) is 0.496. The van der Waals surface area contributed by atoms with Gasteiger partial charge in [-0.2, -0.15) is 0 Å². The molecule has 1 aromatic rings. The molecule has 0 aliphatic rings. The average Bonchev–Trinajstić information content (AvgIpc) is 2.36. The highest BCUT2D eigenvalue weighted by molar-refractivity contribution is 5.99. The molecular formula is C15H23N3O3. The van der Waals surface area contributed by atoms with Gasteiger partial charge in [0, 0.05) is 30.9 Å². The van der Waals surface area contributed by atoms with Gasteiger partial charge in [-0.05, 0) is 17.9 Å². The van der Waals surface area contributed by atoms with Crippen LogP contribution in [0.3, 0.4) is 0 Å². The summed E-state index contributed by atoms with van der Waals surface area (Å²) in [6, 6.07) is 3.97. The van der Waals surface area contributed by atoms with Gasteiger partial charge in [-0.15, -0.1) is 0 Å². The number of nitro groups is 1. The number of amides is 1. The number of carbonyl (C=O) groups excluding carboxylic acids is 1. The Morgan fingerprint density at radius 1 is 1.24 bits per heavy atom. The number of non-ortho nitro benzene ring substituents is 1. The molecule has 0 aromatic heterocycles. The van der Waals surface area contributed by atoms with Crippen molar-refractivity contribution in [2.75, 3.05) is 18.8 Å². The first-order valence-corrected chi connectivity index (χ1v) is 7.05. The molecule has 0 aliphatic carbocycles. The van der Waals surface area contributed by atoms with Crippen molar-refractivity contribution >= 4 is 17.3 Å². The maximum Gasteiger partial charge on any atom is 0.270 e. The maximum absolute atomic E-state index is 12.6. The fourth-order valence-electron chi connectivity index (χ4n) is 2.14. The molecule has 0 spiro atoms. The van der Waals surface area contributed by atoms with Crippen molar-refractivity contribution in [3.8, 4) is 0 Å². The molecule has 21 heavy (non-hydrogen) atoms. The van der Waals surface area contributed by atoms with Crippen LogP contribution in [-0.2, 0) is 0 Å². The van der Waals surface area contributed by atoms with Gasteiger partial charge in [0.05, 0.1) is 10.5 Å². The summed E-state index contributed by atoms with van der Waals surface area (Å²) >= 11 is 0. The highest BCUT2D eigenvalue weighted by atomic mass is 16.6. The lowest BCUT2D eigenvalue weighted by Crippen LogP contribution is -2.37. The molecule has 0 unspecified atom stereocenters. The Balaban J connectivity index is 3.12. The Kier molecular flexibility index (Phi) is 5.69. The van der Waals surface area contributed by atoms with Crippen molar-refractivity contribution in [3.05, 3.63) is 33.9 Å². The molecule has 1 rings (SSSR count). The number of hydrogen-bond donors (Lipinski definition) is 1. The van der Waals surface area contributed by atoms with Gasteiger partial charge in [0.15, 0.2) is 0 Å². The predicted octanol–water partition coefficient (Wildman–Crippen LogP) is 2.93. The number of hydrogen-bond acceptors (Lipinski definition) is 4. The number of carbonyl (C=O) groups is 1. The number of nitrogen functional groups attached to an aromatic ring is 1. The first-order valence-electron chi connectivity index (χ1n) is 7.05. The second-order valence-corrected chi connectivity index (χ2v) is 6.03. The first kappa shape index (κ1) is 16.9. The molecule has 0 radical (unpaired) electrons. The molecule has 0 heterocycles. The molecular weight excluding hydrogens is 270 g/mol. The maximum atomic E-state index is 12.6. The van der Waals surface area contributed by atoms with Crippen LogP contribution in [0.5, 0.6) is 0 Å². The van der Waals surface area contributed by atoms with Gasteiger partial charge in [0.25, 0.3) is 11.6 Å². The molecule has 6 heteroatoms. The molecule has 0 aliphatic heterocycles. The van der Waals surface area contributed by atoms with Crippen LogP contribution in [0.4, 0.5) is 11.4 Å². The fourth-order valence-corrected chi connectivity index (χ4v) is 2.14. The predicted molar refractivity (Wildman–Crippen MR) is 83.1 cm³/mol. The Morgan fingerprint density at radius 2 is 1.76 bits per heavy atom. The molecule has 2 N–H and O–H groups in total. The summed E-state index contributed by atoms with van der Waals surface area (Å²) in [6.07, 6.45) is 0. The summed E-state index contributed by atoms with van der Waals surface area (Å²) in [7, 11) is 0. The lowest BCUT2D eigenvalue weighted by atomic mass is 10.1. The normalized spacial score (nSPS) is 11.0. The number of benzene rings is 1. The molecule has 1 amide bonds. The molecule has 0 bridgehead atoms. The van der Waals surface area contributed by atoms with Gasteiger partial charge in [0.1, 0.15) is 0 Å². The highest BCUT2D eigenvalue weighted by Crippen LogP contribution is 2.22. The number of anilines is 1. The number of nitro benzene ring substituents is 1. The lowest BCUT2D eigenvalue weighted by Gasteiger charge is -2.26. The van der Waals surface area contributed by atoms with E-state index in [1.807, 2.05) is 27.7 Å². The summed E-state index contributed by atoms with van der Waals surface area (Å²) in [5.41, 5.74) is 6.16. The third-order valence-electron chi connectivity index (χ3n) is 2.94. The molecule has 0 atom stereocenters. The van der Waals surface area contributed by atoms with Gasteiger partial charge in [-0.3, -0.25) is 14.9 Å². The standard InChI is InChI=1S/C15H23N3O3/c1-10(2)8-17(9-11(3)4)15(19)13-7-12(18(20)21)5-6-14(13)16/h5-7,10-11H,8-9,16H2,1-4H3. The summed E-state index contributed by atoms with van der Waals surface area (Å²) in [5.74, 6) is 0.374. The third-order valence-corrected chi connectivity index (χ3v) is 2.94. The Labute approximate surface area is 125 Å². The smallest absolute Gasteiger partial charge is 0.270 e. The van der Waals surface area contributed by atoms with Gasteiger partial charge >= 0.3 is 0 Å². The van der Waals surface area contributed by atoms with Crippen molar-refractivity contribution in [1.29, 1.82) is 0 Å². The van der Waals surface area contributed by atoms with E-state index in [4.69, 9.17) is 5.73 Å². The van der Waals surface area contributed by atoms with Crippen LogP contribution >= 0.6 is 0 Å². The van der Waals surface area contributed by atoms with Crippen LogP contribution in [-0.4, -0.2) is 28.8 Å². The highest BCUT2D eigenvalue weighted by Gasteiger charge is 2.22. The van der Waals surface area contributed by atoms with Crippen molar-refractivity contribution in [1.82, 2.24) is 4.90 Å². The zero-order valence-electron chi connectivity index (χ0n) is 13.0. The van der Waals surface area contributed by atoms with E-state index < -0.39 is 4.92 Å². The molecule has 6 nitrogen and oxygen atoms in total. The Bertz CT molecular complexity index is 517. The number of nitrogens with zero attached hydrogens (tertiary/aromatic N) is 2. The SMILES string of the molecule is CC(C)CN(CC(C)C)C(=O)c1cc([N+](=O)[O-])ccc1N. The Hall–Kier alpha value is -2.11. The second kappa shape index (κ2) is 7.06. The summed E-state index contributed by atoms with van der Waals surface area (Å²) < 4.78 is 0. The van der Waals surface area contributed by atoms with Crippen LogP contribution in [0.15, 0.2) is 18.2 Å². The first-order chi connectivity index (χ1) is 9.72. The lowest BCUT2D eigenvalue weighted by molar-refractivity contribution is -0.384. The van der Waals surface area contributed by atoms with Gasteiger partial charge in [0.2, 0.25) is 0 Å². The molecule has 0 saturated heterocycles. The third kappa shape index (κ3) is 4.73. The van der Waals surface area contributed by atoms with Gasteiger partial charge in [-0.1, -0.05) is 27.7 Å². The van der Waals surface area contributed by atoms with Crippen molar-refractivity contribution in [3.63, 3.8) is 0 Å². The van der Waals surface area contributed by atoms with Crippen molar-refractivity contribution in [2.24, 2.45) is 11.8 Å². The van der Waals surface area contributed by atoms with E-state index in [0.717, 1.165) is 0 Å². The number of nitrogens with two attached hydrogens (primary N) is 1. The zero-order chi connectivity index (χ0) is 16.2. The van der Waals surface area contributed by atoms with Crippen LogP contribution in [0, 0.1) is 22.0 Å². The van der Waals surface area contributed by atoms with E-state index in [9.17, 15) is 14.9 Å². The molecule has 1 aromatic carbocycles. The Morgan fingerprint density at radius 3 is 2.19 bits per heavy atom. The van der Waals surface area contributed by atoms with Crippen LogP contribution in [0.2, 0.25) is 0 Å². The summed E-state index contributed by atoms with van der Waals surface area (Å²) in [4.78, 5) is 24.7. The van der Waals surface area contributed by atoms with E-state index in [0.29, 0.717) is 24.9 Å². The second-order valence-electron chi connectivity index (χ2n) is 6.03. The minimum absolute atomic E-state index is 0.124. The monoisotopic (exact) mass is 293 g/mol. The minimum Gasteiger partial charge on any atom is -0.398 e. The van der Waals surface area contributed by atoms with E-state index in [1.165, 1.54) is 18.2 Å². The van der Waals surface area contributed by atoms with Gasteiger partial charge < -0.3 is 10.6 Å². The zero-order valence-corrected chi connectivity index (χ0v) is 13.0. The van der Waals surface area contributed by atoms with Crippen molar-refractivity contribution < 1.29 is 9.72 Å². The van der Waals surface area contributed by atoms with E-state index in [1.54, 1.807) is 4.90 Å². The van der Waals surface area contributed by atoms with Crippen LogP contribution in [0.1, 0.15) is 38.1 Å². The summed E-state index contributed by atoms with van der Waals surface area (Å²) in [5, 5.41) is 10.9. The van der Waals surface area contributed by atoms with Crippen LogP contribution < -0.4 is 5.73 Å². The molecule has 0 saturated carbocycles. The molecule has 0 fully saturated rings. The van der Waals surface area contributed by atoms with E-state index in [2.05, 4.69) is 0 Å². The fraction of sp³-hybridized carbons (Fsp3) is 0.533. The number of rotatable bonds is 6. The summed E-state index contributed by atoms with van der Waals surface area (Å²) in [6.45, 7) is 9.29. The van der Waals surface area contributed by atoms with Gasteiger partial charge in [-0.25, -0.2) is 0 Å². The molecule has 116 valence electrons. The van der Waals surface area contributed by atoms with Crippen LogP contribution in [0.25, 0.3) is 0 Å². The average molecular weight is 293 g/mol. The van der Waals surface area contributed by atoms with Crippen molar-refractivity contribution in [2.45, 2.75) is 27.7 Å².